The first-order valence-corrected chi connectivity index (χ1v) is 19.5. The highest BCUT2D eigenvalue weighted by Gasteiger charge is 2.39. The van der Waals surface area contributed by atoms with Crippen LogP contribution >= 0.6 is 11.3 Å². The monoisotopic (exact) mass is 773 g/mol. The predicted molar refractivity (Wildman–Crippen MR) is 209 cm³/mol. The molecule has 12 nitrogen and oxygen atoms in total. The van der Waals surface area contributed by atoms with Crippen molar-refractivity contribution in [3.63, 3.8) is 0 Å². The van der Waals surface area contributed by atoms with Crippen LogP contribution in [0.4, 0.5) is 15.2 Å². The Balaban J connectivity index is 0.989. The van der Waals surface area contributed by atoms with E-state index in [1.807, 2.05) is 41.3 Å². The zero-order valence-corrected chi connectivity index (χ0v) is 32.1. The molecule has 3 amide bonds. The molecule has 0 bridgehead atoms. The van der Waals surface area contributed by atoms with Gasteiger partial charge in [0.05, 0.1) is 39.5 Å². The molecule has 1 saturated heterocycles. The lowest BCUT2D eigenvalue weighted by atomic mass is 10.00. The van der Waals surface area contributed by atoms with Gasteiger partial charge in [0.25, 0.3) is 11.8 Å². The number of fused-ring (bicyclic) bond motifs is 1. The molecule has 0 spiro atoms. The van der Waals surface area contributed by atoms with E-state index in [1.54, 1.807) is 11.4 Å². The minimum Gasteiger partial charge on any atom is -0.508 e. The van der Waals surface area contributed by atoms with Crippen LogP contribution in [0, 0.1) is 11.7 Å². The number of phenolic OH excluding ortho intramolecular Hbond substituents is 1. The summed E-state index contributed by atoms with van der Waals surface area (Å²) in [5.74, 6) is -1.24. The van der Waals surface area contributed by atoms with E-state index < -0.39 is 23.7 Å². The maximum atomic E-state index is 14.4. The standard InChI is InChI=1S/C41H48FN5O7S/c1-28(2)11-18-52-20-22-54-23-21-53-19-12-37(49)46-16-14-45(15-17-46)33-8-5-29(6-9-33)30-3-4-31-27-47(40(51)34(31)25-30)38(35-26-32(42)7-10-36(35)48)39(50)44-41-43-13-24-55-41/h3-10,13,24-26,28,38,48H,11-12,14-23,27H2,1-2H3,(H,43,44,50). The molecule has 292 valence electrons. The molecule has 0 radical (unpaired) electrons. The largest absolute Gasteiger partial charge is 0.508 e. The fourth-order valence-electron chi connectivity index (χ4n) is 6.62. The predicted octanol–water partition coefficient (Wildman–Crippen LogP) is 6.13. The van der Waals surface area contributed by atoms with E-state index in [2.05, 4.69) is 29.0 Å². The number of amides is 3. The minimum atomic E-state index is -1.30. The molecule has 1 unspecified atom stereocenters. The first-order chi connectivity index (χ1) is 26.7. The van der Waals surface area contributed by atoms with Crippen molar-refractivity contribution in [1.82, 2.24) is 14.8 Å². The number of benzene rings is 3. The van der Waals surface area contributed by atoms with Crippen molar-refractivity contribution in [2.75, 3.05) is 76.0 Å². The molecule has 4 aromatic rings. The molecule has 2 aliphatic heterocycles. The highest BCUT2D eigenvalue weighted by Crippen LogP contribution is 2.38. The number of nitrogens with one attached hydrogen (secondary N) is 1. The molecule has 0 aliphatic carbocycles. The number of nitrogens with zero attached hydrogens (tertiary/aromatic N) is 4. The third kappa shape index (κ3) is 10.5. The van der Waals surface area contributed by atoms with Crippen molar-refractivity contribution in [3.05, 3.63) is 94.7 Å². The van der Waals surface area contributed by atoms with E-state index in [4.69, 9.17) is 14.2 Å². The summed E-state index contributed by atoms with van der Waals surface area (Å²) in [5, 5.41) is 15.4. The van der Waals surface area contributed by atoms with E-state index in [0.717, 1.165) is 47.5 Å². The van der Waals surface area contributed by atoms with Gasteiger partial charge in [-0.3, -0.25) is 19.7 Å². The number of hydrogen-bond acceptors (Lipinski definition) is 10. The Morgan fingerprint density at radius 1 is 0.891 bits per heavy atom. The fourth-order valence-corrected chi connectivity index (χ4v) is 7.15. The number of phenols is 1. The van der Waals surface area contributed by atoms with Crippen molar-refractivity contribution in [1.29, 1.82) is 0 Å². The average Bonchev–Trinajstić information content (AvgIpc) is 3.82. The number of carbonyl (C=O) groups is 3. The number of ether oxygens (including phenoxy) is 3. The third-order valence-corrected chi connectivity index (χ3v) is 10.4. The zero-order chi connectivity index (χ0) is 38.7. The summed E-state index contributed by atoms with van der Waals surface area (Å²) in [7, 11) is 0. The molecule has 2 aliphatic rings. The summed E-state index contributed by atoms with van der Waals surface area (Å²) in [6.07, 6.45) is 2.91. The van der Waals surface area contributed by atoms with Gasteiger partial charge in [0.15, 0.2) is 5.13 Å². The lowest BCUT2D eigenvalue weighted by Crippen LogP contribution is -2.49. The van der Waals surface area contributed by atoms with E-state index in [9.17, 15) is 23.9 Å². The maximum absolute atomic E-state index is 14.4. The number of aromatic hydroxyl groups is 1. The van der Waals surface area contributed by atoms with Crippen LogP contribution in [0.5, 0.6) is 5.75 Å². The van der Waals surface area contributed by atoms with E-state index in [-0.39, 0.29) is 23.8 Å². The first kappa shape index (κ1) is 39.8. The van der Waals surface area contributed by atoms with Gasteiger partial charge in [-0.15, -0.1) is 11.3 Å². The Morgan fingerprint density at radius 2 is 1.58 bits per heavy atom. The van der Waals surface area contributed by atoms with Crippen LogP contribution in [0.25, 0.3) is 11.1 Å². The second-order valence-corrected chi connectivity index (χ2v) is 14.8. The SMILES string of the molecule is CC(C)CCOCCOCCOCCC(=O)N1CCN(c2ccc(-c3ccc4c(c3)C(=O)N(C(C(=O)Nc3nccs3)c3cc(F)ccc3O)C4)cc2)CC1. The van der Waals surface area contributed by atoms with Gasteiger partial charge in [-0.2, -0.15) is 0 Å². The number of thiazole rings is 1. The Labute approximate surface area is 324 Å². The van der Waals surface area contributed by atoms with Gasteiger partial charge in [-0.05, 0) is 65.4 Å². The van der Waals surface area contributed by atoms with Crippen LogP contribution in [0.3, 0.4) is 0 Å². The zero-order valence-electron chi connectivity index (χ0n) is 31.2. The lowest BCUT2D eigenvalue weighted by molar-refractivity contribution is -0.132. The fraction of sp³-hybridized carbons (Fsp3) is 0.415. The molecule has 0 saturated carbocycles. The van der Waals surface area contributed by atoms with Gasteiger partial charge in [-0.25, -0.2) is 9.37 Å². The van der Waals surface area contributed by atoms with Crippen molar-refractivity contribution >= 4 is 39.9 Å². The van der Waals surface area contributed by atoms with Crippen molar-refractivity contribution in [3.8, 4) is 16.9 Å². The van der Waals surface area contributed by atoms with Crippen LogP contribution in [-0.4, -0.2) is 103 Å². The molecule has 1 aromatic heterocycles. The second kappa shape index (κ2) is 19.1. The molecule has 14 heteroatoms. The van der Waals surface area contributed by atoms with Crippen LogP contribution in [0.1, 0.15) is 54.2 Å². The van der Waals surface area contributed by atoms with Crippen molar-refractivity contribution in [2.24, 2.45) is 5.92 Å². The van der Waals surface area contributed by atoms with Gasteiger partial charge in [0.2, 0.25) is 5.91 Å². The topological polar surface area (TPSA) is 134 Å². The smallest absolute Gasteiger partial charge is 0.255 e. The number of halogens is 1. The van der Waals surface area contributed by atoms with Gasteiger partial charge < -0.3 is 34.0 Å². The summed E-state index contributed by atoms with van der Waals surface area (Å²) >= 11 is 1.21. The number of anilines is 2. The quantitative estimate of drug-likeness (QED) is 0.115. The summed E-state index contributed by atoms with van der Waals surface area (Å²) in [6, 6.07) is 15.7. The van der Waals surface area contributed by atoms with Crippen LogP contribution in [-0.2, 0) is 30.3 Å². The second-order valence-electron chi connectivity index (χ2n) is 13.9. The van der Waals surface area contributed by atoms with E-state index in [0.29, 0.717) is 82.2 Å². The summed E-state index contributed by atoms with van der Waals surface area (Å²) in [6.45, 7) is 10.2. The highest BCUT2D eigenvalue weighted by atomic mass is 32.1. The van der Waals surface area contributed by atoms with Crippen LogP contribution in [0.2, 0.25) is 0 Å². The molecular formula is C41H48FN5O7S. The molecule has 3 aromatic carbocycles. The molecule has 55 heavy (non-hydrogen) atoms. The summed E-state index contributed by atoms with van der Waals surface area (Å²) in [5.41, 5.74) is 3.91. The number of hydrogen-bond donors (Lipinski definition) is 2. The van der Waals surface area contributed by atoms with E-state index >= 15 is 0 Å². The van der Waals surface area contributed by atoms with E-state index in [1.165, 1.54) is 28.5 Å². The number of aromatic nitrogens is 1. The Bertz CT molecular complexity index is 1900. The maximum Gasteiger partial charge on any atom is 0.255 e. The minimum absolute atomic E-state index is 0.0172. The summed E-state index contributed by atoms with van der Waals surface area (Å²) in [4.78, 5) is 49.8. The highest BCUT2D eigenvalue weighted by molar-refractivity contribution is 7.13. The number of piperazine rings is 1. The Kier molecular flexibility index (Phi) is 13.8. The van der Waals surface area contributed by atoms with Crippen LogP contribution in [0.15, 0.2) is 72.2 Å². The third-order valence-electron chi connectivity index (χ3n) is 9.69. The molecule has 1 atom stereocenters. The van der Waals surface area contributed by atoms with Gasteiger partial charge in [0, 0.05) is 67.7 Å². The van der Waals surface area contributed by atoms with Gasteiger partial charge in [0.1, 0.15) is 17.6 Å². The average molecular weight is 774 g/mol. The van der Waals surface area contributed by atoms with Gasteiger partial charge >= 0.3 is 0 Å². The van der Waals surface area contributed by atoms with Crippen LogP contribution < -0.4 is 10.2 Å². The van der Waals surface area contributed by atoms with Gasteiger partial charge in [-0.1, -0.05) is 38.1 Å². The number of carbonyl (C=O) groups excluding carboxylic acids is 3. The summed E-state index contributed by atoms with van der Waals surface area (Å²) < 4.78 is 31.0. The molecule has 3 heterocycles. The number of rotatable bonds is 18. The molecule has 2 N–H and O–H groups in total. The molecule has 1 fully saturated rings. The lowest BCUT2D eigenvalue weighted by Gasteiger charge is -2.36. The Morgan fingerprint density at radius 3 is 2.27 bits per heavy atom. The first-order valence-electron chi connectivity index (χ1n) is 18.7. The molecular weight excluding hydrogens is 726 g/mol. The van der Waals surface area contributed by atoms with Crippen molar-refractivity contribution in [2.45, 2.75) is 39.3 Å². The Hall–Kier alpha value is -4.89. The molecule has 6 rings (SSSR count). The van der Waals surface area contributed by atoms with Crippen molar-refractivity contribution < 1.29 is 38.1 Å². The normalized spacial score (nSPS) is 14.8.